The van der Waals surface area contributed by atoms with Crippen molar-refractivity contribution in [2.24, 2.45) is 0 Å². The summed E-state index contributed by atoms with van der Waals surface area (Å²) in [4.78, 5) is 13.6. The maximum absolute atomic E-state index is 13.5. The lowest BCUT2D eigenvalue weighted by Crippen LogP contribution is -2.49. The molecule has 1 heterocycles. The number of halogens is 3. The molecule has 0 unspecified atom stereocenters. The molecule has 1 aliphatic heterocycles. The number of benzene rings is 1. The molecular weight excluding hydrogens is 290 g/mol. The second-order valence-corrected chi connectivity index (χ2v) is 5.20. The van der Waals surface area contributed by atoms with Crippen LogP contribution in [0, 0.1) is 5.82 Å². The third-order valence-electron chi connectivity index (χ3n) is 3.37. The van der Waals surface area contributed by atoms with Crippen molar-refractivity contribution in [3.63, 3.8) is 0 Å². The van der Waals surface area contributed by atoms with Crippen LogP contribution in [0.4, 0.5) is 4.39 Å². The zero-order valence-electron chi connectivity index (χ0n) is 10.5. The van der Waals surface area contributed by atoms with E-state index in [0.717, 1.165) is 6.54 Å². The van der Waals surface area contributed by atoms with Gasteiger partial charge in [-0.1, -0.05) is 11.6 Å². The summed E-state index contributed by atoms with van der Waals surface area (Å²) in [6.45, 7) is 3.50. The van der Waals surface area contributed by atoms with Gasteiger partial charge in [-0.25, -0.2) is 4.39 Å². The molecule has 0 bridgehead atoms. The predicted octanol–water partition coefficient (Wildman–Crippen LogP) is 2.71. The van der Waals surface area contributed by atoms with Crippen LogP contribution in [0.2, 0.25) is 5.02 Å². The van der Waals surface area contributed by atoms with Gasteiger partial charge in [0.25, 0.3) is 0 Å². The number of carbonyl (C=O) groups excluding carboxylic acids is 1. The number of hydrogen-bond donors (Lipinski definition) is 1. The zero-order valence-corrected chi connectivity index (χ0v) is 12.1. The van der Waals surface area contributed by atoms with Gasteiger partial charge in [0.2, 0.25) is 5.91 Å². The van der Waals surface area contributed by atoms with Gasteiger partial charge in [-0.05, 0) is 30.2 Å². The SMILES string of the molecule is C[C@@H](c1cc(F)cc(Cl)c1CCl)N1CCNCC1=O. The molecule has 19 heavy (non-hydrogen) atoms. The van der Waals surface area contributed by atoms with Gasteiger partial charge in [0.05, 0.1) is 12.6 Å². The Morgan fingerprint density at radius 1 is 1.53 bits per heavy atom. The third kappa shape index (κ3) is 3.02. The van der Waals surface area contributed by atoms with Gasteiger partial charge >= 0.3 is 0 Å². The normalized spacial score (nSPS) is 17.7. The van der Waals surface area contributed by atoms with Gasteiger partial charge in [-0.2, -0.15) is 0 Å². The molecule has 2 rings (SSSR count). The van der Waals surface area contributed by atoms with E-state index in [4.69, 9.17) is 23.2 Å². The van der Waals surface area contributed by atoms with Crippen molar-refractivity contribution in [1.29, 1.82) is 0 Å². The van der Waals surface area contributed by atoms with E-state index in [-0.39, 0.29) is 17.8 Å². The number of nitrogens with zero attached hydrogens (tertiary/aromatic N) is 1. The van der Waals surface area contributed by atoms with Crippen LogP contribution in [0.5, 0.6) is 0 Å². The molecule has 1 aromatic rings. The number of rotatable bonds is 3. The van der Waals surface area contributed by atoms with Crippen LogP contribution in [-0.2, 0) is 10.7 Å². The van der Waals surface area contributed by atoms with E-state index in [9.17, 15) is 9.18 Å². The molecule has 0 aliphatic carbocycles. The van der Waals surface area contributed by atoms with Gasteiger partial charge in [0.1, 0.15) is 5.82 Å². The van der Waals surface area contributed by atoms with Gasteiger partial charge in [-0.15, -0.1) is 11.6 Å². The predicted molar refractivity (Wildman–Crippen MR) is 74.0 cm³/mol. The molecular formula is C13H15Cl2FN2O. The summed E-state index contributed by atoms with van der Waals surface area (Å²) in [6, 6.07) is 2.41. The van der Waals surface area contributed by atoms with Crippen molar-refractivity contribution < 1.29 is 9.18 Å². The molecule has 0 aromatic heterocycles. The highest BCUT2D eigenvalue weighted by Crippen LogP contribution is 2.31. The van der Waals surface area contributed by atoms with Gasteiger partial charge in [-0.3, -0.25) is 4.79 Å². The molecule has 3 nitrogen and oxygen atoms in total. The molecule has 0 radical (unpaired) electrons. The smallest absolute Gasteiger partial charge is 0.237 e. The van der Waals surface area contributed by atoms with E-state index in [1.807, 2.05) is 6.92 Å². The van der Waals surface area contributed by atoms with Crippen molar-refractivity contribution in [3.8, 4) is 0 Å². The van der Waals surface area contributed by atoms with Crippen molar-refractivity contribution in [2.75, 3.05) is 19.6 Å². The zero-order chi connectivity index (χ0) is 14.0. The highest BCUT2D eigenvalue weighted by Gasteiger charge is 2.26. The van der Waals surface area contributed by atoms with Crippen molar-refractivity contribution in [2.45, 2.75) is 18.8 Å². The standard InChI is InChI=1S/C13H15Cl2FN2O/c1-8(18-3-2-17-7-13(18)19)10-4-9(16)5-12(15)11(10)6-14/h4-5,8,17H,2-3,6-7H2,1H3/t8-/m0/s1. The van der Waals surface area contributed by atoms with Crippen molar-refractivity contribution >= 4 is 29.1 Å². The second-order valence-electron chi connectivity index (χ2n) is 4.53. The van der Waals surface area contributed by atoms with E-state index in [1.165, 1.54) is 12.1 Å². The lowest BCUT2D eigenvalue weighted by atomic mass is 10.00. The summed E-state index contributed by atoms with van der Waals surface area (Å²) in [5, 5.41) is 3.31. The molecule has 1 atom stereocenters. The summed E-state index contributed by atoms with van der Waals surface area (Å²) >= 11 is 11.9. The molecule has 1 saturated heterocycles. The average Bonchev–Trinajstić information content (AvgIpc) is 2.37. The summed E-state index contributed by atoms with van der Waals surface area (Å²) in [5.74, 6) is -0.220. The number of carbonyl (C=O) groups is 1. The van der Waals surface area contributed by atoms with Gasteiger partial charge in [0, 0.05) is 24.0 Å². The summed E-state index contributed by atoms with van der Waals surface area (Å²) in [6.07, 6.45) is 0. The minimum absolute atomic E-state index is 0.000318. The fourth-order valence-corrected chi connectivity index (χ4v) is 2.98. The second kappa shape index (κ2) is 6.07. The Morgan fingerprint density at radius 2 is 2.26 bits per heavy atom. The van der Waals surface area contributed by atoms with Crippen LogP contribution < -0.4 is 5.32 Å². The third-order valence-corrected chi connectivity index (χ3v) is 3.98. The Kier molecular flexibility index (Phi) is 4.66. The van der Waals surface area contributed by atoms with E-state index < -0.39 is 5.82 Å². The Hall–Kier alpha value is -0.840. The molecule has 1 fully saturated rings. The monoisotopic (exact) mass is 304 g/mol. The fraction of sp³-hybridized carbons (Fsp3) is 0.462. The first-order valence-electron chi connectivity index (χ1n) is 6.08. The van der Waals surface area contributed by atoms with Crippen LogP contribution >= 0.6 is 23.2 Å². The van der Waals surface area contributed by atoms with E-state index in [1.54, 1.807) is 4.90 Å². The van der Waals surface area contributed by atoms with Crippen LogP contribution in [0.25, 0.3) is 0 Å². The maximum Gasteiger partial charge on any atom is 0.237 e. The molecule has 1 amide bonds. The van der Waals surface area contributed by atoms with Crippen LogP contribution in [-0.4, -0.2) is 30.4 Å². The number of alkyl halides is 1. The maximum atomic E-state index is 13.5. The Morgan fingerprint density at radius 3 is 2.89 bits per heavy atom. The van der Waals surface area contributed by atoms with Gasteiger partial charge < -0.3 is 10.2 Å². The molecule has 1 aromatic carbocycles. The molecule has 0 spiro atoms. The quantitative estimate of drug-likeness (QED) is 0.871. The number of hydrogen-bond acceptors (Lipinski definition) is 2. The van der Waals surface area contributed by atoms with Crippen LogP contribution in [0.3, 0.4) is 0 Å². The summed E-state index contributed by atoms with van der Waals surface area (Å²) in [7, 11) is 0. The van der Waals surface area contributed by atoms with Crippen LogP contribution in [0.15, 0.2) is 12.1 Å². The van der Waals surface area contributed by atoms with Crippen molar-refractivity contribution in [1.82, 2.24) is 10.2 Å². The largest absolute Gasteiger partial charge is 0.334 e. The first-order valence-corrected chi connectivity index (χ1v) is 6.99. The molecule has 104 valence electrons. The molecule has 0 saturated carbocycles. The van der Waals surface area contributed by atoms with Crippen molar-refractivity contribution in [3.05, 3.63) is 34.1 Å². The number of piperazine rings is 1. The Bertz CT molecular complexity index is 496. The average molecular weight is 305 g/mol. The van der Waals surface area contributed by atoms with E-state index in [0.29, 0.717) is 29.2 Å². The minimum Gasteiger partial charge on any atom is -0.334 e. The van der Waals surface area contributed by atoms with Crippen LogP contribution in [0.1, 0.15) is 24.1 Å². The molecule has 1 aliphatic rings. The summed E-state index contributed by atoms with van der Waals surface area (Å²) in [5.41, 5.74) is 1.36. The lowest BCUT2D eigenvalue weighted by Gasteiger charge is -2.34. The topological polar surface area (TPSA) is 32.3 Å². The lowest BCUT2D eigenvalue weighted by molar-refractivity contribution is -0.134. The fourth-order valence-electron chi connectivity index (χ4n) is 2.34. The summed E-state index contributed by atoms with van der Waals surface area (Å²) < 4.78 is 13.5. The number of nitrogens with one attached hydrogen (secondary N) is 1. The van der Waals surface area contributed by atoms with Gasteiger partial charge in [0.15, 0.2) is 0 Å². The first kappa shape index (κ1) is 14.6. The van der Waals surface area contributed by atoms with E-state index in [2.05, 4.69) is 5.32 Å². The highest BCUT2D eigenvalue weighted by atomic mass is 35.5. The Labute approximate surface area is 121 Å². The Balaban J connectivity index is 2.37. The first-order chi connectivity index (χ1) is 9.04. The van der Waals surface area contributed by atoms with E-state index >= 15 is 0 Å². The minimum atomic E-state index is -0.414. The molecule has 1 N–H and O–H groups in total. The highest BCUT2D eigenvalue weighted by molar-refractivity contribution is 6.32. The number of amides is 1. The molecule has 6 heteroatoms.